The number of anilines is 2. The van der Waals surface area contributed by atoms with E-state index in [1.807, 2.05) is 12.1 Å². The Labute approximate surface area is 143 Å². The second-order valence-corrected chi connectivity index (χ2v) is 6.52. The molecule has 0 fully saturated rings. The summed E-state index contributed by atoms with van der Waals surface area (Å²) in [5.41, 5.74) is 13.5. The zero-order chi connectivity index (χ0) is 17.1. The van der Waals surface area contributed by atoms with E-state index in [2.05, 4.69) is 46.1 Å². The molecule has 124 valence electrons. The number of rotatable bonds is 5. The molecular formula is C16H18N6OS. The molecule has 0 aliphatic heterocycles. The number of thioether (sulfide) groups is 1. The lowest BCUT2D eigenvalue weighted by Gasteiger charge is -2.04. The van der Waals surface area contributed by atoms with Gasteiger partial charge in [0.25, 0.3) is 0 Å². The Kier molecular flexibility index (Phi) is 4.66. The summed E-state index contributed by atoms with van der Waals surface area (Å²) in [5.74, 6) is 2.66. The molecule has 0 amide bonds. The highest BCUT2D eigenvalue weighted by Crippen LogP contribution is 2.23. The van der Waals surface area contributed by atoms with Crippen molar-refractivity contribution in [3.05, 3.63) is 41.8 Å². The lowest BCUT2D eigenvalue weighted by atomic mass is 10.0. The van der Waals surface area contributed by atoms with Gasteiger partial charge >= 0.3 is 0 Å². The molecular weight excluding hydrogens is 324 g/mol. The Morgan fingerprint density at radius 1 is 1.04 bits per heavy atom. The summed E-state index contributed by atoms with van der Waals surface area (Å²) in [6.45, 7) is 4.31. The molecule has 3 aromatic rings. The van der Waals surface area contributed by atoms with Crippen molar-refractivity contribution in [2.45, 2.75) is 30.7 Å². The summed E-state index contributed by atoms with van der Waals surface area (Å²) in [6, 6.07) is 9.66. The highest BCUT2D eigenvalue weighted by atomic mass is 32.2. The van der Waals surface area contributed by atoms with Crippen LogP contribution in [0.1, 0.15) is 31.2 Å². The van der Waals surface area contributed by atoms with E-state index >= 15 is 0 Å². The van der Waals surface area contributed by atoms with Crippen LogP contribution in [-0.4, -0.2) is 20.1 Å². The van der Waals surface area contributed by atoms with Crippen molar-refractivity contribution in [1.29, 1.82) is 0 Å². The van der Waals surface area contributed by atoms with Gasteiger partial charge < -0.3 is 16.0 Å². The summed E-state index contributed by atoms with van der Waals surface area (Å²) in [6.07, 6.45) is 0. The van der Waals surface area contributed by atoms with Gasteiger partial charge in [-0.25, -0.2) is 9.97 Å². The molecule has 1 aromatic carbocycles. The maximum Gasteiger partial charge on any atom is 0.237 e. The average Bonchev–Trinajstić information content (AvgIpc) is 3.01. The molecule has 24 heavy (non-hydrogen) atoms. The number of hydrogen-bond donors (Lipinski definition) is 2. The van der Waals surface area contributed by atoms with Gasteiger partial charge in [-0.05, 0) is 11.5 Å². The number of nitrogens with zero attached hydrogens (tertiary/aromatic N) is 4. The van der Waals surface area contributed by atoms with Crippen LogP contribution < -0.4 is 11.5 Å². The van der Waals surface area contributed by atoms with E-state index in [9.17, 15) is 0 Å². The van der Waals surface area contributed by atoms with E-state index in [1.54, 1.807) is 0 Å². The molecule has 2 aromatic heterocycles. The first kappa shape index (κ1) is 16.3. The van der Waals surface area contributed by atoms with Gasteiger partial charge in [0.15, 0.2) is 5.16 Å². The molecule has 0 spiro atoms. The fourth-order valence-electron chi connectivity index (χ4n) is 2.10. The highest BCUT2D eigenvalue weighted by molar-refractivity contribution is 7.98. The monoisotopic (exact) mass is 342 g/mol. The van der Waals surface area contributed by atoms with Crippen LogP contribution in [0.3, 0.4) is 0 Å². The third-order valence-electron chi connectivity index (χ3n) is 3.37. The van der Waals surface area contributed by atoms with Gasteiger partial charge in [-0.2, -0.15) is 4.98 Å². The normalized spacial score (nSPS) is 11.1. The Hall–Kier alpha value is -2.61. The van der Waals surface area contributed by atoms with Crippen molar-refractivity contribution in [2.24, 2.45) is 0 Å². The quantitative estimate of drug-likeness (QED) is 0.536. The molecule has 0 atom stereocenters. The van der Waals surface area contributed by atoms with Gasteiger partial charge in [-0.1, -0.05) is 55.0 Å². The van der Waals surface area contributed by atoms with Crippen LogP contribution in [0.25, 0.3) is 11.4 Å². The molecule has 0 bridgehead atoms. The first-order valence-corrected chi connectivity index (χ1v) is 8.45. The molecule has 3 rings (SSSR count). The molecule has 0 aliphatic carbocycles. The van der Waals surface area contributed by atoms with Gasteiger partial charge in [0, 0.05) is 11.6 Å². The first-order valence-electron chi connectivity index (χ1n) is 7.47. The van der Waals surface area contributed by atoms with Crippen LogP contribution in [0, 0.1) is 0 Å². The molecule has 0 unspecified atom stereocenters. The van der Waals surface area contributed by atoms with Crippen LogP contribution in [0.5, 0.6) is 0 Å². The summed E-state index contributed by atoms with van der Waals surface area (Å²) in [4.78, 5) is 12.6. The van der Waals surface area contributed by atoms with E-state index in [0.29, 0.717) is 40.2 Å². The smallest absolute Gasteiger partial charge is 0.237 e. The fraction of sp³-hybridized carbons (Fsp3) is 0.250. The minimum atomic E-state index is 0.335. The second kappa shape index (κ2) is 6.88. The minimum Gasteiger partial charge on any atom is -0.383 e. The van der Waals surface area contributed by atoms with Gasteiger partial charge in [0.2, 0.25) is 11.7 Å². The lowest BCUT2D eigenvalue weighted by molar-refractivity contribution is 0.391. The van der Waals surface area contributed by atoms with Crippen molar-refractivity contribution in [2.75, 3.05) is 11.5 Å². The third-order valence-corrected chi connectivity index (χ3v) is 4.21. The largest absolute Gasteiger partial charge is 0.383 e. The predicted octanol–water partition coefficient (Wildman–Crippen LogP) is 3.11. The maximum absolute atomic E-state index is 5.65. The van der Waals surface area contributed by atoms with Crippen molar-refractivity contribution >= 4 is 23.4 Å². The predicted molar refractivity (Wildman–Crippen MR) is 94.2 cm³/mol. The van der Waals surface area contributed by atoms with Crippen LogP contribution in [0.4, 0.5) is 11.6 Å². The maximum atomic E-state index is 5.65. The Bertz CT molecular complexity index is 811. The topological polar surface area (TPSA) is 117 Å². The van der Waals surface area contributed by atoms with Crippen molar-refractivity contribution in [1.82, 2.24) is 20.1 Å². The summed E-state index contributed by atoms with van der Waals surface area (Å²) < 4.78 is 5.28. The number of benzene rings is 1. The lowest BCUT2D eigenvalue weighted by Crippen LogP contribution is -1.99. The Morgan fingerprint density at radius 3 is 2.33 bits per heavy atom. The van der Waals surface area contributed by atoms with Crippen LogP contribution >= 0.6 is 11.8 Å². The third kappa shape index (κ3) is 3.83. The zero-order valence-electron chi connectivity index (χ0n) is 13.4. The molecule has 4 N–H and O–H groups in total. The molecule has 2 heterocycles. The van der Waals surface area contributed by atoms with E-state index in [0.717, 1.165) is 5.56 Å². The Morgan fingerprint density at radius 2 is 1.71 bits per heavy atom. The second-order valence-electron chi connectivity index (χ2n) is 5.58. The van der Waals surface area contributed by atoms with Gasteiger partial charge in [-0.3, -0.25) is 0 Å². The number of nitrogen functional groups attached to an aromatic ring is 2. The average molecular weight is 342 g/mol. The number of aromatic nitrogens is 4. The van der Waals surface area contributed by atoms with Gasteiger partial charge in [-0.15, -0.1) is 0 Å². The van der Waals surface area contributed by atoms with Crippen molar-refractivity contribution in [3.63, 3.8) is 0 Å². The molecule has 0 saturated heterocycles. The zero-order valence-corrected chi connectivity index (χ0v) is 14.2. The molecule has 0 saturated carbocycles. The fourth-order valence-corrected chi connectivity index (χ4v) is 2.81. The van der Waals surface area contributed by atoms with Crippen molar-refractivity contribution in [3.8, 4) is 11.4 Å². The number of hydrogen-bond acceptors (Lipinski definition) is 8. The minimum absolute atomic E-state index is 0.335. The molecule has 0 aliphatic rings. The summed E-state index contributed by atoms with van der Waals surface area (Å²) in [7, 11) is 0. The molecule has 7 nitrogen and oxygen atoms in total. The molecule has 8 heteroatoms. The van der Waals surface area contributed by atoms with E-state index in [4.69, 9.17) is 16.0 Å². The van der Waals surface area contributed by atoms with Crippen molar-refractivity contribution < 1.29 is 4.52 Å². The van der Waals surface area contributed by atoms with E-state index in [1.165, 1.54) is 23.4 Å². The summed E-state index contributed by atoms with van der Waals surface area (Å²) in [5, 5.41) is 4.50. The SMILES string of the molecule is CC(C)c1ccc(-c2noc(CSc3nc(N)cc(N)n3)n2)cc1. The number of nitrogens with two attached hydrogens (primary N) is 2. The highest BCUT2D eigenvalue weighted by Gasteiger charge is 2.11. The first-order chi connectivity index (χ1) is 11.5. The molecule has 0 radical (unpaired) electrons. The standard InChI is InChI=1S/C16H18N6OS/c1-9(2)10-3-5-11(6-4-10)15-21-14(23-22-15)8-24-16-19-12(17)7-13(18)20-16/h3-7,9H,8H2,1-2H3,(H4,17,18,19,20). The van der Waals surface area contributed by atoms with Gasteiger partial charge in [0.1, 0.15) is 11.6 Å². The van der Waals surface area contributed by atoms with Crippen LogP contribution in [-0.2, 0) is 5.75 Å². The van der Waals surface area contributed by atoms with E-state index in [-0.39, 0.29) is 0 Å². The summed E-state index contributed by atoms with van der Waals surface area (Å²) >= 11 is 1.34. The van der Waals surface area contributed by atoms with Crippen LogP contribution in [0.15, 0.2) is 40.0 Å². The van der Waals surface area contributed by atoms with Crippen LogP contribution in [0.2, 0.25) is 0 Å². The van der Waals surface area contributed by atoms with Gasteiger partial charge in [0.05, 0.1) is 5.75 Å². The Balaban J connectivity index is 1.69. The van der Waals surface area contributed by atoms with E-state index < -0.39 is 0 Å².